The number of rotatable bonds is 28. The van der Waals surface area contributed by atoms with Crippen molar-refractivity contribution < 1.29 is 51.5 Å². The Balaban J connectivity index is 1.93. The van der Waals surface area contributed by atoms with E-state index in [-0.39, 0.29) is 32.2 Å². The van der Waals surface area contributed by atoms with E-state index >= 15 is 0 Å². The van der Waals surface area contributed by atoms with Gasteiger partial charge in [-0.2, -0.15) is 0 Å². The number of esters is 2. The summed E-state index contributed by atoms with van der Waals surface area (Å²) in [5.74, 6) is -0.345. The molecule has 2 atom stereocenters. The van der Waals surface area contributed by atoms with Gasteiger partial charge in [-0.3, -0.25) is 18.4 Å². The van der Waals surface area contributed by atoms with Gasteiger partial charge in [0.05, 0.1) is 26.4 Å². The zero-order chi connectivity index (χ0) is 42.2. The topological polar surface area (TPSA) is 145 Å². The Kier molecular flexibility index (Phi) is 23.1. The monoisotopic (exact) mass is 819 g/mol. The van der Waals surface area contributed by atoms with Crippen molar-refractivity contribution in [3.8, 4) is 5.75 Å². The van der Waals surface area contributed by atoms with E-state index in [0.29, 0.717) is 30.6 Å². The SMILES string of the molecule is CCCCCCCCCCCOc1ccccc1CCC(=O)OCc1cccc(COP(=O)(OCCCC)OC[C@H](NC(=O)OC(C)(C)C)C(=O)OC(C)(C)C)c1. The first-order valence-electron chi connectivity index (χ1n) is 20.7. The average molecular weight is 820 g/mol. The molecular weight excluding hydrogens is 749 g/mol. The van der Waals surface area contributed by atoms with Crippen molar-refractivity contribution in [3.63, 3.8) is 0 Å². The summed E-state index contributed by atoms with van der Waals surface area (Å²) >= 11 is 0. The normalized spacial score (nSPS) is 13.3. The van der Waals surface area contributed by atoms with Gasteiger partial charge in [-0.15, -0.1) is 0 Å². The number of nitrogens with one attached hydrogen (secondary N) is 1. The van der Waals surface area contributed by atoms with Crippen LogP contribution in [0.25, 0.3) is 0 Å². The van der Waals surface area contributed by atoms with Gasteiger partial charge < -0.3 is 24.3 Å². The summed E-state index contributed by atoms with van der Waals surface area (Å²) in [6.07, 6.45) is 12.4. The molecule has 1 unspecified atom stereocenters. The zero-order valence-corrected chi connectivity index (χ0v) is 36.8. The largest absolute Gasteiger partial charge is 0.493 e. The molecule has 0 radical (unpaired) electrons. The Morgan fingerprint density at radius 3 is 1.95 bits per heavy atom. The van der Waals surface area contributed by atoms with Crippen LogP contribution in [0.1, 0.15) is 149 Å². The quantitative estimate of drug-likeness (QED) is 0.0379. The standard InChI is InChI=1S/C44H70NO11P/c1-9-11-13-14-15-16-17-18-21-29-50-39-26-20-19-25-37(39)27-28-40(46)51-32-35-23-22-24-36(31-35)33-53-57(49,52-30-12-10-2)54-34-38(41(47)55-43(3,4)5)45-42(48)56-44(6,7)8/h19-20,22-26,31,38H,9-18,21,27-30,32-34H2,1-8H3,(H,45,48)/t38-,57?/m0/s1. The van der Waals surface area contributed by atoms with E-state index in [4.69, 9.17) is 32.5 Å². The molecule has 57 heavy (non-hydrogen) atoms. The van der Waals surface area contributed by atoms with Crippen LogP contribution in [0, 0.1) is 0 Å². The van der Waals surface area contributed by atoms with Crippen molar-refractivity contribution >= 4 is 25.9 Å². The van der Waals surface area contributed by atoms with E-state index in [2.05, 4.69) is 12.2 Å². The molecule has 0 saturated carbocycles. The minimum absolute atomic E-state index is 0.0402. The molecule has 13 heteroatoms. The second-order valence-corrected chi connectivity index (χ2v) is 17.9. The van der Waals surface area contributed by atoms with Crippen LogP contribution in [-0.2, 0) is 61.6 Å². The Labute approximate surface area is 342 Å². The van der Waals surface area contributed by atoms with Crippen LogP contribution in [0.2, 0.25) is 0 Å². The number of amides is 1. The number of para-hydroxylation sites is 1. The predicted molar refractivity (Wildman–Crippen MR) is 222 cm³/mol. The second-order valence-electron chi connectivity index (χ2n) is 16.2. The maximum atomic E-state index is 13.8. The van der Waals surface area contributed by atoms with Crippen molar-refractivity contribution in [1.82, 2.24) is 5.32 Å². The molecule has 0 aliphatic carbocycles. The van der Waals surface area contributed by atoms with E-state index in [0.717, 1.165) is 30.6 Å². The molecule has 322 valence electrons. The van der Waals surface area contributed by atoms with E-state index < -0.39 is 43.7 Å². The van der Waals surface area contributed by atoms with Gasteiger partial charge in [0.15, 0.2) is 6.04 Å². The third kappa shape index (κ3) is 23.5. The highest BCUT2D eigenvalue weighted by Gasteiger charge is 2.34. The molecule has 0 fully saturated rings. The maximum absolute atomic E-state index is 13.8. The van der Waals surface area contributed by atoms with Gasteiger partial charge in [0.1, 0.15) is 23.6 Å². The number of hydrogen-bond donors (Lipinski definition) is 1. The van der Waals surface area contributed by atoms with Gasteiger partial charge in [-0.1, -0.05) is 114 Å². The number of hydrogen-bond acceptors (Lipinski definition) is 11. The average Bonchev–Trinajstić information content (AvgIpc) is 3.14. The molecule has 0 spiro atoms. The number of unbranched alkanes of at least 4 members (excludes halogenated alkanes) is 9. The number of benzene rings is 2. The first kappa shape index (κ1) is 49.7. The molecule has 0 aliphatic heterocycles. The highest BCUT2D eigenvalue weighted by molar-refractivity contribution is 7.48. The summed E-state index contributed by atoms with van der Waals surface area (Å²) in [7, 11) is -4.25. The van der Waals surface area contributed by atoms with E-state index in [1.807, 2.05) is 37.3 Å². The molecule has 2 aromatic rings. The molecule has 1 amide bonds. The lowest BCUT2D eigenvalue weighted by atomic mass is 10.1. The Bertz CT molecular complexity index is 1520. The van der Waals surface area contributed by atoms with Crippen LogP contribution in [0.3, 0.4) is 0 Å². The predicted octanol–water partition coefficient (Wildman–Crippen LogP) is 11.0. The van der Waals surface area contributed by atoms with Crippen molar-refractivity contribution in [1.29, 1.82) is 0 Å². The molecule has 2 rings (SSSR count). The maximum Gasteiger partial charge on any atom is 0.475 e. The van der Waals surface area contributed by atoms with Crippen LogP contribution < -0.4 is 10.1 Å². The van der Waals surface area contributed by atoms with Crippen LogP contribution in [0.4, 0.5) is 4.79 Å². The summed E-state index contributed by atoms with van der Waals surface area (Å²) in [5, 5.41) is 2.44. The first-order chi connectivity index (χ1) is 27.0. The highest BCUT2D eigenvalue weighted by atomic mass is 31.2. The third-order valence-corrected chi connectivity index (χ3v) is 9.80. The number of phosphoric acid groups is 1. The molecule has 2 aromatic carbocycles. The third-order valence-electron chi connectivity index (χ3n) is 8.39. The Morgan fingerprint density at radius 2 is 1.30 bits per heavy atom. The summed E-state index contributed by atoms with van der Waals surface area (Å²) in [4.78, 5) is 38.3. The molecule has 0 heterocycles. The highest BCUT2D eigenvalue weighted by Crippen LogP contribution is 2.50. The minimum atomic E-state index is -4.25. The summed E-state index contributed by atoms with van der Waals surface area (Å²) < 4.78 is 53.2. The number of aryl methyl sites for hydroxylation is 1. The van der Waals surface area contributed by atoms with E-state index in [9.17, 15) is 18.9 Å². The molecule has 0 aromatic heterocycles. The minimum Gasteiger partial charge on any atom is -0.493 e. The fourth-order valence-corrected chi connectivity index (χ4v) is 6.69. The Hall–Kier alpha value is -3.44. The fourth-order valence-electron chi connectivity index (χ4n) is 5.47. The second kappa shape index (κ2) is 26.5. The molecule has 0 aliphatic rings. The van der Waals surface area contributed by atoms with Crippen LogP contribution in [-0.4, -0.2) is 55.1 Å². The lowest BCUT2D eigenvalue weighted by Crippen LogP contribution is -2.48. The zero-order valence-electron chi connectivity index (χ0n) is 35.9. The molecule has 0 bridgehead atoms. The Morgan fingerprint density at radius 1 is 0.684 bits per heavy atom. The summed E-state index contributed by atoms with van der Waals surface area (Å²) in [6.45, 7) is 14.3. The molecular formula is C44H70NO11P. The fraction of sp³-hybridized carbons (Fsp3) is 0.659. The molecule has 12 nitrogen and oxygen atoms in total. The van der Waals surface area contributed by atoms with Gasteiger partial charge in [-0.25, -0.2) is 14.2 Å². The number of ether oxygens (including phenoxy) is 4. The number of carbonyl (C=O) groups excluding carboxylic acids is 3. The van der Waals surface area contributed by atoms with Crippen molar-refractivity contribution in [2.75, 3.05) is 19.8 Å². The van der Waals surface area contributed by atoms with Gasteiger partial charge in [0, 0.05) is 6.42 Å². The lowest BCUT2D eigenvalue weighted by molar-refractivity contribution is -0.158. The van der Waals surface area contributed by atoms with Crippen LogP contribution in [0.15, 0.2) is 48.5 Å². The van der Waals surface area contributed by atoms with E-state index in [1.165, 1.54) is 44.9 Å². The first-order valence-corrected chi connectivity index (χ1v) is 22.2. The molecule has 0 saturated heterocycles. The van der Waals surface area contributed by atoms with Crippen molar-refractivity contribution in [2.45, 2.75) is 169 Å². The van der Waals surface area contributed by atoms with Crippen molar-refractivity contribution in [2.24, 2.45) is 0 Å². The van der Waals surface area contributed by atoms with Gasteiger partial charge in [0.25, 0.3) is 0 Å². The van der Waals surface area contributed by atoms with Gasteiger partial charge in [-0.05, 0) is 83.6 Å². The summed E-state index contributed by atoms with van der Waals surface area (Å²) in [5.41, 5.74) is 0.610. The van der Waals surface area contributed by atoms with Crippen LogP contribution in [0.5, 0.6) is 5.75 Å². The van der Waals surface area contributed by atoms with Crippen molar-refractivity contribution in [3.05, 3.63) is 65.2 Å². The molecule has 1 N–H and O–H groups in total. The van der Waals surface area contributed by atoms with Gasteiger partial charge in [0.2, 0.25) is 0 Å². The lowest BCUT2D eigenvalue weighted by Gasteiger charge is -2.27. The van der Waals surface area contributed by atoms with Gasteiger partial charge >= 0.3 is 25.9 Å². The van der Waals surface area contributed by atoms with E-state index in [1.54, 1.807) is 59.7 Å². The number of alkyl carbamates (subject to hydrolysis) is 1. The number of carbonyl (C=O) groups is 3. The number of phosphoric ester groups is 1. The van der Waals surface area contributed by atoms with Crippen LogP contribution >= 0.6 is 7.82 Å². The summed E-state index contributed by atoms with van der Waals surface area (Å²) in [6, 6.07) is 13.6. The smallest absolute Gasteiger partial charge is 0.475 e.